The molecule has 2 aromatic carbocycles. The first kappa shape index (κ1) is 20.2. The molecular weight excluding hydrogens is 376 g/mol. The smallest absolute Gasteiger partial charge is 0.341 e. The third kappa shape index (κ3) is 4.84. The fraction of sp³-hybridized carbons (Fsp3) is 0.286. The Labute approximate surface area is 168 Å². The number of hydrogen-bond acceptors (Lipinski definition) is 5. The number of fused-ring (bicyclic) bond motifs is 1. The van der Waals surface area contributed by atoms with Crippen molar-refractivity contribution in [3.05, 3.63) is 53.6 Å². The number of amides is 2. The van der Waals surface area contributed by atoms with Crippen LogP contribution in [-0.2, 0) is 16.0 Å². The number of anilines is 1. The topological polar surface area (TPSA) is 105 Å². The van der Waals surface area contributed by atoms with Gasteiger partial charge in [0.1, 0.15) is 0 Å². The SMILES string of the molecule is CCOc1cc(C(=O)NCC(=O)N2CCc3ccccc32)ccc1OCC(=O)O. The maximum atomic E-state index is 12.5. The van der Waals surface area contributed by atoms with Crippen LogP contribution < -0.4 is 19.7 Å². The molecule has 2 amide bonds. The van der Waals surface area contributed by atoms with Gasteiger partial charge >= 0.3 is 5.97 Å². The Bertz CT molecular complexity index is 927. The van der Waals surface area contributed by atoms with E-state index in [2.05, 4.69) is 5.32 Å². The summed E-state index contributed by atoms with van der Waals surface area (Å²) in [4.78, 5) is 37.4. The van der Waals surface area contributed by atoms with Crippen molar-refractivity contribution in [2.45, 2.75) is 13.3 Å². The van der Waals surface area contributed by atoms with Gasteiger partial charge in [0, 0.05) is 17.8 Å². The van der Waals surface area contributed by atoms with Gasteiger partial charge < -0.3 is 24.8 Å². The molecule has 0 bridgehead atoms. The molecule has 1 aliphatic heterocycles. The van der Waals surface area contributed by atoms with Gasteiger partial charge in [0.2, 0.25) is 5.91 Å². The molecule has 0 saturated carbocycles. The standard InChI is InChI=1S/C21H22N2O6/c1-2-28-18-11-15(7-8-17(18)29-13-20(25)26)21(27)22-12-19(24)23-10-9-14-5-3-4-6-16(14)23/h3-8,11H,2,9-10,12-13H2,1H3,(H,22,27)(H,25,26). The summed E-state index contributed by atoms with van der Waals surface area (Å²) in [6.45, 7) is 2.03. The lowest BCUT2D eigenvalue weighted by molar-refractivity contribution is -0.139. The molecule has 29 heavy (non-hydrogen) atoms. The lowest BCUT2D eigenvalue weighted by atomic mass is 10.2. The van der Waals surface area contributed by atoms with Gasteiger partial charge in [-0.05, 0) is 43.2 Å². The van der Waals surface area contributed by atoms with Gasteiger partial charge in [-0.1, -0.05) is 18.2 Å². The summed E-state index contributed by atoms with van der Waals surface area (Å²) in [5.41, 5.74) is 2.28. The first-order chi connectivity index (χ1) is 14.0. The Hall–Kier alpha value is -3.55. The van der Waals surface area contributed by atoms with Crippen LogP contribution in [0.3, 0.4) is 0 Å². The molecule has 8 heteroatoms. The second kappa shape index (κ2) is 9.09. The van der Waals surface area contributed by atoms with Crippen LogP contribution in [0.25, 0.3) is 0 Å². The van der Waals surface area contributed by atoms with Gasteiger partial charge in [-0.25, -0.2) is 4.79 Å². The summed E-state index contributed by atoms with van der Waals surface area (Å²) >= 11 is 0. The number of carbonyl (C=O) groups excluding carboxylic acids is 2. The van der Waals surface area contributed by atoms with Crippen LogP contribution in [0.5, 0.6) is 11.5 Å². The molecule has 1 heterocycles. The highest BCUT2D eigenvalue weighted by Crippen LogP contribution is 2.29. The fourth-order valence-corrected chi connectivity index (χ4v) is 3.13. The van der Waals surface area contributed by atoms with Crippen LogP contribution in [0.4, 0.5) is 5.69 Å². The largest absolute Gasteiger partial charge is 0.490 e. The van der Waals surface area contributed by atoms with E-state index in [0.29, 0.717) is 13.2 Å². The van der Waals surface area contributed by atoms with Gasteiger partial charge in [-0.15, -0.1) is 0 Å². The van der Waals surface area contributed by atoms with E-state index in [1.54, 1.807) is 11.8 Å². The van der Waals surface area contributed by atoms with Crippen molar-refractivity contribution in [2.24, 2.45) is 0 Å². The number of carboxylic acid groups (broad SMARTS) is 1. The summed E-state index contributed by atoms with van der Waals surface area (Å²) < 4.78 is 10.6. The summed E-state index contributed by atoms with van der Waals surface area (Å²) in [7, 11) is 0. The molecule has 0 unspecified atom stereocenters. The number of rotatable bonds is 8. The van der Waals surface area contributed by atoms with E-state index in [1.165, 1.54) is 18.2 Å². The zero-order valence-electron chi connectivity index (χ0n) is 16.0. The average molecular weight is 398 g/mol. The van der Waals surface area contributed by atoms with Crippen molar-refractivity contribution in [3.63, 3.8) is 0 Å². The Morgan fingerprint density at radius 3 is 2.66 bits per heavy atom. The van der Waals surface area contributed by atoms with E-state index in [9.17, 15) is 14.4 Å². The van der Waals surface area contributed by atoms with Crippen molar-refractivity contribution < 1.29 is 29.0 Å². The van der Waals surface area contributed by atoms with Gasteiger partial charge in [0.25, 0.3) is 5.91 Å². The summed E-state index contributed by atoms with van der Waals surface area (Å²) in [6.07, 6.45) is 0.797. The fourth-order valence-electron chi connectivity index (χ4n) is 3.13. The third-order valence-corrected chi connectivity index (χ3v) is 4.45. The minimum absolute atomic E-state index is 0.131. The molecule has 2 aromatic rings. The molecule has 0 atom stereocenters. The van der Waals surface area contributed by atoms with Gasteiger partial charge in [0.05, 0.1) is 13.2 Å². The molecule has 152 valence electrons. The Kier molecular flexibility index (Phi) is 6.33. The first-order valence-corrected chi connectivity index (χ1v) is 9.27. The minimum Gasteiger partial charge on any atom is -0.490 e. The Balaban J connectivity index is 1.63. The molecule has 1 aliphatic rings. The highest BCUT2D eigenvalue weighted by Gasteiger charge is 2.24. The average Bonchev–Trinajstić information content (AvgIpc) is 3.15. The van der Waals surface area contributed by atoms with Crippen LogP contribution in [0.2, 0.25) is 0 Å². The van der Waals surface area contributed by atoms with E-state index in [1.807, 2.05) is 24.3 Å². The summed E-state index contributed by atoms with van der Waals surface area (Å²) in [5.74, 6) is -1.24. The maximum absolute atomic E-state index is 12.5. The zero-order chi connectivity index (χ0) is 20.8. The number of nitrogens with one attached hydrogen (secondary N) is 1. The van der Waals surface area contributed by atoms with Crippen LogP contribution in [0.15, 0.2) is 42.5 Å². The van der Waals surface area contributed by atoms with Gasteiger partial charge in [-0.2, -0.15) is 0 Å². The van der Waals surface area contributed by atoms with Crippen LogP contribution >= 0.6 is 0 Å². The van der Waals surface area contributed by atoms with Crippen molar-refractivity contribution in [3.8, 4) is 11.5 Å². The van der Waals surface area contributed by atoms with E-state index in [4.69, 9.17) is 14.6 Å². The van der Waals surface area contributed by atoms with Gasteiger partial charge in [0.15, 0.2) is 18.1 Å². The molecule has 0 fully saturated rings. The van der Waals surface area contributed by atoms with E-state index < -0.39 is 18.5 Å². The number of hydrogen-bond donors (Lipinski definition) is 2. The molecule has 0 aliphatic carbocycles. The number of nitrogens with zero attached hydrogens (tertiary/aromatic N) is 1. The summed E-state index contributed by atoms with van der Waals surface area (Å²) in [5, 5.41) is 11.4. The number of aliphatic carboxylic acids is 1. The lowest BCUT2D eigenvalue weighted by Gasteiger charge is -2.18. The number of ether oxygens (including phenoxy) is 2. The minimum atomic E-state index is -1.11. The van der Waals surface area contributed by atoms with Crippen molar-refractivity contribution in [1.29, 1.82) is 0 Å². The first-order valence-electron chi connectivity index (χ1n) is 9.27. The van der Waals surface area contributed by atoms with E-state index in [-0.39, 0.29) is 29.5 Å². The van der Waals surface area contributed by atoms with E-state index in [0.717, 1.165) is 17.7 Å². The lowest BCUT2D eigenvalue weighted by Crippen LogP contribution is -2.39. The number of para-hydroxylation sites is 1. The van der Waals surface area contributed by atoms with Crippen LogP contribution in [-0.4, -0.2) is 49.2 Å². The van der Waals surface area contributed by atoms with Gasteiger partial charge in [-0.3, -0.25) is 9.59 Å². The molecule has 3 rings (SSSR count). The highest BCUT2D eigenvalue weighted by molar-refractivity contribution is 6.01. The number of benzene rings is 2. The highest BCUT2D eigenvalue weighted by atomic mass is 16.5. The number of carbonyl (C=O) groups is 3. The number of carboxylic acids is 1. The molecule has 0 spiro atoms. The molecular formula is C21H22N2O6. The monoisotopic (exact) mass is 398 g/mol. The molecule has 2 N–H and O–H groups in total. The Morgan fingerprint density at radius 1 is 1.10 bits per heavy atom. The normalized spacial score (nSPS) is 12.2. The molecule has 0 radical (unpaired) electrons. The molecule has 0 aromatic heterocycles. The van der Waals surface area contributed by atoms with Crippen LogP contribution in [0, 0.1) is 0 Å². The Morgan fingerprint density at radius 2 is 1.90 bits per heavy atom. The second-order valence-corrected chi connectivity index (χ2v) is 6.38. The molecule has 8 nitrogen and oxygen atoms in total. The predicted octanol–water partition coefficient (Wildman–Crippen LogP) is 1.87. The van der Waals surface area contributed by atoms with Crippen molar-refractivity contribution in [2.75, 3.05) is 31.2 Å². The van der Waals surface area contributed by atoms with Crippen molar-refractivity contribution in [1.82, 2.24) is 5.32 Å². The quantitative estimate of drug-likeness (QED) is 0.703. The second-order valence-electron chi connectivity index (χ2n) is 6.38. The van der Waals surface area contributed by atoms with Crippen LogP contribution in [0.1, 0.15) is 22.8 Å². The summed E-state index contributed by atoms with van der Waals surface area (Å²) in [6, 6.07) is 12.1. The third-order valence-electron chi connectivity index (χ3n) is 4.45. The predicted molar refractivity (Wildman–Crippen MR) is 106 cm³/mol. The van der Waals surface area contributed by atoms with Crippen molar-refractivity contribution >= 4 is 23.5 Å². The zero-order valence-corrected chi connectivity index (χ0v) is 16.0. The van der Waals surface area contributed by atoms with E-state index >= 15 is 0 Å². The molecule has 0 saturated heterocycles. The maximum Gasteiger partial charge on any atom is 0.341 e.